The highest BCUT2D eigenvalue weighted by Crippen LogP contribution is 2.27. The van der Waals surface area contributed by atoms with Gasteiger partial charge in [0.15, 0.2) is 5.65 Å². The maximum absolute atomic E-state index is 14.6. The molecular formula is C28H23F2N3O3. The number of nitrogens with zero attached hydrogens (tertiary/aromatic N) is 3. The normalized spacial score (nSPS) is 11.3. The van der Waals surface area contributed by atoms with Gasteiger partial charge in [-0.25, -0.2) is 18.7 Å². The van der Waals surface area contributed by atoms with Gasteiger partial charge in [0.1, 0.15) is 23.2 Å². The minimum atomic E-state index is -1.02. The van der Waals surface area contributed by atoms with Crippen LogP contribution in [0.1, 0.15) is 39.7 Å². The van der Waals surface area contributed by atoms with Crippen LogP contribution in [-0.4, -0.2) is 25.4 Å². The fourth-order valence-corrected chi connectivity index (χ4v) is 4.31. The predicted octanol–water partition coefficient (Wildman–Crippen LogP) is 5.69. The fourth-order valence-electron chi connectivity index (χ4n) is 4.31. The second kappa shape index (κ2) is 9.37. The third-order valence-corrected chi connectivity index (χ3v) is 6.21. The number of carboxylic acids is 1. The fraction of sp³-hybridized carbons (Fsp3) is 0.179. The monoisotopic (exact) mass is 487 g/mol. The number of fused-ring (bicyclic) bond motifs is 1. The van der Waals surface area contributed by atoms with Crippen molar-refractivity contribution in [3.63, 3.8) is 0 Å². The molecule has 0 radical (unpaired) electrons. The molecule has 0 aliphatic rings. The molecule has 0 saturated heterocycles. The summed E-state index contributed by atoms with van der Waals surface area (Å²) >= 11 is 0. The molecular weight excluding hydrogens is 464 g/mol. The van der Waals surface area contributed by atoms with E-state index in [1.807, 2.05) is 50.2 Å². The molecule has 0 fully saturated rings. The third-order valence-electron chi connectivity index (χ3n) is 6.21. The molecule has 0 spiro atoms. The summed E-state index contributed by atoms with van der Waals surface area (Å²) in [7, 11) is 0. The first-order valence-electron chi connectivity index (χ1n) is 11.5. The van der Waals surface area contributed by atoms with E-state index in [9.17, 15) is 18.7 Å². The summed E-state index contributed by atoms with van der Waals surface area (Å²) in [5.41, 5.74) is 3.83. The molecule has 36 heavy (non-hydrogen) atoms. The first-order chi connectivity index (χ1) is 17.3. The maximum atomic E-state index is 14.6. The lowest BCUT2D eigenvalue weighted by molar-refractivity contribution is -0.136. The number of carbonyl (C=O) groups is 1. The molecule has 0 aliphatic heterocycles. The molecule has 6 nitrogen and oxygen atoms in total. The number of hydrogen-bond acceptors (Lipinski definition) is 4. The minimum Gasteiger partial charge on any atom is -0.481 e. The number of halogens is 2. The maximum Gasteiger partial charge on any atom is 0.309 e. The summed E-state index contributed by atoms with van der Waals surface area (Å²) in [5, 5.41) is 9.67. The van der Waals surface area contributed by atoms with E-state index in [0.29, 0.717) is 34.2 Å². The van der Waals surface area contributed by atoms with Crippen LogP contribution in [0.5, 0.6) is 0 Å². The highest BCUT2D eigenvalue weighted by Gasteiger charge is 2.22. The highest BCUT2D eigenvalue weighted by molar-refractivity contribution is 5.71. The van der Waals surface area contributed by atoms with Crippen molar-refractivity contribution in [3.8, 4) is 11.3 Å². The zero-order valence-corrected chi connectivity index (χ0v) is 19.8. The van der Waals surface area contributed by atoms with Crippen LogP contribution in [0.15, 0.2) is 65.2 Å². The summed E-state index contributed by atoms with van der Waals surface area (Å²) in [6, 6.07) is 14.9. The van der Waals surface area contributed by atoms with E-state index in [4.69, 9.17) is 14.4 Å². The van der Waals surface area contributed by atoms with Crippen LogP contribution in [-0.2, 0) is 24.1 Å². The van der Waals surface area contributed by atoms with Crippen LogP contribution >= 0.6 is 0 Å². The van der Waals surface area contributed by atoms with Gasteiger partial charge in [-0.3, -0.25) is 9.20 Å². The van der Waals surface area contributed by atoms with Crippen molar-refractivity contribution in [2.45, 2.75) is 33.1 Å². The van der Waals surface area contributed by atoms with Gasteiger partial charge in [0.25, 0.3) is 0 Å². The molecule has 8 heteroatoms. The Morgan fingerprint density at radius 2 is 1.69 bits per heavy atom. The average Bonchev–Trinajstić information content (AvgIpc) is 3.35. The van der Waals surface area contributed by atoms with Gasteiger partial charge in [0.2, 0.25) is 0 Å². The Morgan fingerprint density at radius 1 is 0.972 bits per heavy atom. The zero-order chi connectivity index (χ0) is 25.4. The molecule has 0 amide bonds. The summed E-state index contributed by atoms with van der Waals surface area (Å²) < 4.78 is 36.6. The molecule has 1 N–H and O–H groups in total. The summed E-state index contributed by atoms with van der Waals surface area (Å²) in [4.78, 5) is 21.3. The van der Waals surface area contributed by atoms with Gasteiger partial charge in [-0.15, -0.1) is 0 Å². The van der Waals surface area contributed by atoms with Crippen molar-refractivity contribution in [1.82, 2.24) is 14.4 Å². The van der Waals surface area contributed by atoms with Crippen LogP contribution in [0, 0.1) is 25.5 Å². The Kier molecular flexibility index (Phi) is 6.10. The van der Waals surface area contributed by atoms with Gasteiger partial charge >= 0.3 is 5.97 Å². The standard InChI is InChI=1S/C28H23F2N3O3/c1-16-11-19(36-17(16)2)12-23-26(14-27(34)35)33-15-25(18-7-4-3-5-8-18)31-24(28(33)32-23)13-20-21(29)9-6-10-22(20)30/h3-11,15H,12-14H2,1-2H3,(H,34,35). The number of benzene rings is 2. The number of aryl methyl sites for hydroxylation is 2. The molecule has 0 unspecified atom stereocenters. The number of furan rings is 1. The largest absolute Gasteiger partial charge is 0.481 e. The van der Waals surface area contributed by atoms with E-state index in [-0.39, 0.29) is 24.8 Å². The lowest BCUT2D eigenvalue weighted by Crippen LogP contribution is -2.08. The van der Waals surface area contributed by atoms with Gasteiger partial charge < -0.3 is 9.52 Å². The van der Waals surface area contributed by atoms with Crippen molar-refractivity contribution in [1.29, 1.82) is 0 Å². The van der Waals surface area contributed by atoms with Gasteiger partial charge in [0, 0.05) is 23.7 Å². The lowest BCUT2D eigenvalue weighted by atomic mass is 10.1. The van der Waals surface area contributed by atoms with Crippen molar-refractivity contribution < 1.29 is 23.1 Å². The number of aliphatic carboxylic acids is 1. The zero-order valence-electron chi connectivity index (χ0n) is 19.8. The van der Waals surface area contributed by atoms with Crippen molar-refractivity contribution >= 4 is 11.6 Å². The predicted molar refractivity (Wildman–Crippen MR) is 130 cm³/mol. The van der Waals surface area contributed by atoms with Gasteiger partial charge in [0.05, 0.1) is 35.6 Å². The van der Waals surface area contributed by atoms with Gasteiger partial charge in [-0.05, 0) is 37.6 Å². The van der Waals surface area contributed by atoms with E-state index in [0.717, 1.165) is 16.9 Å². The smallest absolute Gasteiger partial charge is 0.309 e. The van der Waals surface area contributed by atoms with E-state index in [2.05, 4.69) is 0 Å². The van der Waals surface area contributed by atoms with Crippen LogP contribution < -0.4 is 0 Å². The summed E-state index contributed by atoms with van der Waals surface area (Å²) in [5.74, 6) is -0.960. The Morgan fingerprint density at radius 3 is 2.33 bits per heavy atom. The molecule has 3 aromatic heterocycles. The molecule has 5 rings (SSSR count). The second-order valence-electron chi connectivity index (χ2n) is 8.71. The SMILES string of the molecule is Cc1cc(Cc2nc3c(Cc4c(F)cccc4F)nc(-c4ccccc4)cn3c2CC(=O)O)oc1C. The van der Waals surface area contributed by atoms with Gasteiger partial charge in [-0.2, -0.15) is 0 Å². The van der Waals surface area contributed by atoms with Crippen LogP contribution in [0.3, 0.4) is 0 Å². The van der Waals surface area contributed by atoms with Crippen LogP contribution in [0.4, 0.5) is 8.78 Å². The van der Waals surface area contributed by atoms with E-state index in [1.54, 1.807) is 10.6 Å². The Balaban J connectivity index is 1.73. The Bertz CT molecular complexity index is 1550. The Hall–Kier alpha value is -4.33. The third kappa shape index (κ3) is 4.49. The molecule has 0 bridgehead atoms. The number of carboxylic acid groups (broad SMARTS) is 1. The number of aromatic nitrogens is 3. The van der Waals surface area contributed by atoms with E-state index < -0.39 is 17.6 Å². The van der Waals surface area contributed by atoms with Crippen molar-refractivity contribution in [3.05, 3.63) is 112 Å². The summed E-state index contributed by atoms with van der Waals surface area (Å²) in [6.45, 7) is 3.79. The number of hydrogen-bond donors (Lipinski definition) is 1. The van der Waals surface area contributed by atoms with E-state index >= 15 is 0 Å². The van der Waals surface area contributed by atoms with Crippen molar-refractivity contribution in [2.24, 2.45) is 0 Å². The average molecular weight is 488 g/mol. The molecule has 182 valence electrons. The highest BCUT2D eigenvalue weighted by atomic mass is 19.1. The molecule has 0 saturated carbocycles. The van der Waals surface area contributed by atoms with Gasteiger partial charge in [-0.1, -0.05) is 36.4 Å². The first-order valence-corrected chi connectivity index (χ1v) is 11.5. The number of imidazole rings is 1. The first kappa shape index (κ1) is 23.4. The van der Waals surface area contributed by atoms with Crippen LogP contribution in [0.2, 0.25) is 0 Å². The van der Waals surface area contributed by atoms with Crippen LogP contribution in [0.25, 0.3) is 16.9 Å². The lowest BCUT2D eigenvalue weighted by Gasteiger charge is -2.10. The second-order valence-corrected chi connectivity index (χ2v) is 8.71. The Labute approximate surface area is 205 Å². The molecule has 2 aromatic carbocycles. The minimum absolute atomic E-state index is 0.126. The topological polar surface area (TPSA) is 80.6 Å². The molecule has 0 aliphatic carbocycles. The molecule has 3 heterocycles. The summed E-state index contributed by atoms with van der Waals surface area (Å²) in [6.07, 6.45) is 1.55. The van der Waals surface area contributed by atoms with E-state index in [1.165, 1.54) is 18.2 Å². The quantitative estimate of drug-likeness (QED) is 0.319. The number of rotatable bonds is 7. The molecule has 5 aromatic rings. The molecule has 0 atom stereocenters. The van der Waals surface area contributed by atoms with Crippen molar-refractivity contribution in [2.75, 3.05) is 0 Å².